The summed E-state index contributed by atoms with van der Waals surface area (Å²) >= 11 is 6.45. The van der Waals surface area contributed by atoms with Gasteiger partial charge in [0.1, 0.15) is 24.1 Å². The molecular weight excluding hydrogens is 554 g/mol. The number of methoxy groups -OCH3 is 2. The molecule has 0 saturated carbocycles. The van der Waals surface area contributed by atoms with Crippen molar-refractivity contribution in [1.29, 1.82) is 0 Å². The van der Waals surface area contributed by atoms with E-state index in [1.54, 1.807) is 37.3 Å². The summed E-state index contributed by atoms with van der Waals surface area (Å²) in [6.07, 6.45) is 1.22. The molecule has 1 N–H and O–H groups in total. The normalized spacial score (nSPS) is 11.8. The van der Waals surface area contributed by atoms with Gasteiger partial charge in [-0.1, -0.05) is 60.1 Å². The summed E-state index contributed by atoms with van der Waals surface area (Å²) in [7, 11) is -1.08. The molecule has 0 heterocycles. The van der Waals surface area contributed by atoms with Gasteiger partial charge < -0.3 is 19.7 Å². The Hall–Kier alpha value is -3.76. The Morgan fingerprint density at radius 2 is 1.65 bits per heavy atom. The molecule has 3 rings (SSSR count). The summed E-state index contributed by atoms with van der Waals surface area (Å²) in [4.78, 5) is 28.9. The number of hydrogen-bond donors (Lipinski definition) is 1. The summed E-state index contributed by atoms with van der Waals surface area (Å²) in [6, 6.07) is 20.0. The second-order valence-corrected chi connectivity index (χ2v) is 11.3. The van der Waals surface area contributed by atoms with Crippen molar-refractivity contribution >= 4 is 39.1 Å². The Labute approximate surface area is 240 Å². The van der Waals surface area contributed by atoms with E-state index in [2.05, 4.69) is 5.32 Å². The minimum Gasteiger partial charge on any atom is -0.497 e. The molecule has 0 fully saturated rings. The highest BCUT2D eigenvalue weighted by Gasteiger charge is 2.34. The molecule has 0 aliphatic carbocycles. The average Bonchev–Trinajstić information content (AvgIpc) is 2.94. The molecule has 3 aromatic carbocycles. The lowest BCUT2D eigenvalue weighted by Gasteiger charge is -2.34. The fraction of sp³-hybridized carbons (Fsp3) is 0.310. The molecule has 0 saturated heterocycles. The number of benzene rings is 3. The van der Waals surface area contributed by atoms with Crippen molar-refractivity contribution in [3.05, 3.63) is 88.9 Å². The minimum atomic E-state index is -3.96. The van der Waals surface area contributed by atoms with Crippen LogP contribution in [0.3, 0.4) is 0 Å². The first-order valence-corrected chi connectivity index (χ1v) is 14.9. The van der Waals surface area contributed by atoms with Crippen molar-refractivity contribution in [1.82, 2.24) is 10.2 Å². The van der Waals surface area contributed by atoms with Crippen LogP contribution in [-0.4, -0.2) is 64.7 Å². The van der Waals surface area contributed by atoms with Gasteiger partial charge in [0.2, 0.25) is 21.8 Å². The van der Waals surface area contributed by atoms with Crippen LogP contribution in [0.15, 0.2) is 72.8 Å². The van der Waals surface area contributed by atoms with E-state index < -0.39 is 28.5 Å². The number of hydrogen-bond acceptors (Lipinski definition) is 6. The molecule has 0 spiro atoms. The third-order valence-electron chi connectivity index (χ3n) is 6.26. The summed E-state index contributed by atoms with van der Waals surface area (Å²) in [6.45, 7) is 1.57. The predicted molar refractivity (Wildman–Crippen MR) is 156 cm³/mol. The molecule has 0 unspecified atom stereocenters. The molecule has 40 heavy (non-hydrogen) atoms. The number of halogens is 1. The van der Waals surface area contributed by atoms with Crippen LogP contribution < -0.4 is 19.1 Å². The van der Waals surface area contributed by atoms with E-state index in [-0.39, 0.29) is 30.3 Å². The second-order valence-electron chi connectivity index (χ2n) is 9.02. The van der Waals surface area contributed by atoms with Crippen LogP contribution in [0, 0.1) is 0 Å². The van der Waals surface area contributed by atoms with Gasteiger partial charge in [-0.05, 0) is 36.2 Å². The fourth-order valence-corrected chi connectivity index (χ4v) is 5.29. The number of carbonyl (C=O) groups is 2. The highest BCUT2D eigenvalue weighted by atomic mass is 35.5. The number of carbonyl (C=O) groups excluding carboxylic acids is 2. The summed E-state index contributed by atoms with van der Waals surface area (Å²) in [5.41, 5.74) is 1.62. The fourth-order valence-electron chi connectivity index (χ4n) is 4.24. The maximum absolute atomic E-state index is 14.1. The van der Waals surface area contributed by atoms with Crippen molar-refractivity contribution < 1.29 is 27.5 Å². The van der Waals surface area contributed by atoms with Crippen molar-refractivity contribution in [2.45, 2.75) is 25.9 Å². The van der Waals surface area contributed by atoms with Gasteiger partial charge in [-0.25, -0.2) is 8.42 Å². The van der Waals surface area contributed by atoms with E-state index >= 15 is 0 Å². The van der Waals surface area contributed by atoms with E-state index in [1.807, 2.05) is 30.3 Å². The Morgan fingerprint density at radius 1 is 0.975 bits per heavy atom. The molecule has 0 bridgehead atoms. The van der Waals surface area contributed by atoms with Gasteiger partial charge in [0.05, 0.1) is 26.2 Å². The molecule has 3 aromatic rings. The zero-order valence-corrected chi connectivity index (χ0v) is 24.5. The Kier molecular flexibility index (Phi) is 10.8. The number of nitrogens with one attached hydrogen (secondary N) is 1. The molecule has 9 nitrogen and oxygen atoms in total. The lowest BCUT2D eigenvalue weighted by molar-refractivity contribution is -0.140. The number of ether oxygens (including phenoxy) is 2. The Morgan fingerprint density at radius 3 is 2.25 bits per heavy atom. The zero-order valence-electron chi connectivity index (χ0n) is 23.0. The molecular formula is C29H34ClN3O6S. The number of sulfonamides is 1. The maximum atomic E-state index is 14.1. The third-order valence-corrected chi connectivity index (χ3v) is 7.75. The van der Waals surface area contributed by atoms with Gasteiger partial charge in [-0.3, -0.25) is 13.9 Å². The lowest BCUT2D eigenvalue weighted by atomic mass is 10.0. The van der Waals surface area contributed by atoms with Crippen molar-refractivity contribution in [2.75, 3.05) is 37.9 Å². The molecule has 0 radical (unpaired) electrons. The molecule has 0 aromatic heterocycles. The first-order chi connectivity index (χ1) is 19.1. The molecule has 214 valence electrons. The van der Waals surface area contributed by atoms with E-state index in [0.29, 0.717) is 22.9 Å². The van der Waals surface area contributed by atoms with Crippen molar-refractivity contribution in [2.24, 2.45) is 0 Å². The second kappa shape index (κ2) is 14.0. The van der Waals surface area contributed by atoms with E-state index in [9.17, 15) is 18.0 Å². The van der Waals surface area contributed by atoms with Gasteiger partial charge in [-0.2, -0.15) is 0 Å². The quantitative estimate of drug-likeness (QED) is 0.325. The SMILES string of the molecule is CCNC(=O)[C@@H](Cc1ccccc1)N(Cc1ccccc1Cl)C(=O)CN(c1ccc(OC)cc1OC)S(C)(=O)=O. The standard InChI is InChI=1S/C29H34ClN3O6S/c1-5-31-29(35)26(17-21-11-7-6-8-12-21)32(19-22-13-9-10-14-24(22)30)28(34)20-33(40(4,36)37)25-16-15-23(38-2)18-27(25)39-3/h6-16,18,26H,5,17,19-20H2,1-4H3,(H,31,35)/t26-/m1/s1. The van der Waals surface area contributed by atoms with Gasteiger partial charge >= 0.3 is 0 Å². The number of nitrogens with zero attached hydrogens (tertiary/aromatic N) is 2. The van der Waals surface area contributed by atoms with Crippen LogP contribution in [-0.2, 0) is 32.6 Å². The molecule has 2 amide bonds. The highest BCUT2D eigenvalue weighted by Crippen LogP contribution is 2.34. The molecule has 0 aliphatic rings. The van der Waals surface area contributed by atoms with E-state index in [1.165, 1.54) is 31.3 Å². The van der Waals surface area contributed by atoms with Crippen LogP contribution in [0.2, 0.25) is 5.02 Å². The molecule has 1 atom stereocenters. The summed E-state index contributed by atoms with van der Waals surface area (Å²) in [5, 5.41) is 3.24. The number of amides is 2. The number of likely N-dealkylation sites (N-methyl/N-ethyl adjacent to an activating group) is 1. The van der Waals surface area contributed by atoms with Crippen LogP contribution >= 0.6 is 11.6 Å². The van der Waals surface area contributed by atoms with E-state index in [4.69, 9.17) is 21.1 Å². The van der Waals surface area contributed by atoms with E-state index in [0.717, 1.165) is 16.1 Å². The Balaban J connectivity index is 2.09. The van der Waals surface area contributed by atoms with Crippen LogP contribution in [0.25, 0.3) is 0 Å². The molecule has 11 heteroatoms. The predicted octanol–water partition coefficient (Wildman–Crippen LogP) is 3.90. The minimum absolute atomic E-state index is 0.00943. The molecule has 0 aliphatic heterocycles. The first kappa shape index (κ1) is 30.8. The largest absolute Gasteiger partial charge is 0.497 e. The summed E-state index contributed by atoms with van der Waals surface area (Å²) < 4.78 is 37.6. The van der Waals surface area contributed by atoms with Crippen molar-refractivity contribution in [3.8, 4) is 11.5 Å². The lowest BCUT2D eigenvalue weighted by Crippen LogP contribution is -2.53. The highest BCUT2D eigenvalue weighted by molar-refractivity contribution is 7.92. The van der Waals surface area contributed by atoms with Gasteiger partial charge in [0.25, 0.3) is 0 Å². The van der Waals surface area contributed by atoms with Crippen LogP contribution in [0.4, 0.5) is 5.69 Å². The Bertz CT molecular complexity index is 1420. The third kappa shape index (κ3) is 7.89. The van der Waals surface area contributed by atoms with Gasteiger partial charge in [-0.15, -0.1) is 0 Å². The smallest absolute Gasteiger partial charge is 0.244 e. The first-order valence-electron chi connectivity index (χ1n) is 12.6. The van der Waals surface area contributed by atoms with Crippen molar-refractivity contribution in [3.63, 3.8) is 0 Å². The zero-order chi connectivity index (χ0) is 29.3. The monoisotopic (exact) mass is 587 g/mol. The summed E-state index contributed by atoms with van der Waals surface area (Å²) in [5.74, 6) is -0.283. The van der Waals surface area contributed by atoms with Gasteiger partial charge in [0.15, 0.2) is 0 Å². The topological polar surface area (TPSA) is 105 Å². The maximum Gasteiger partial charge on any atom is 0.244 e. The average molecular weight is 588 g/mol. The number of rotatable bonds is 13. The van der Waals surface area contributed by atoms with Crippen LogP contribution in [0.5, 0.6) is 11.5 Å². The van der Waals surface area contributed by atoms with Gasteiger partial charge in [0, 0.05) is 30.6 Å². The van der Waals surface area contributed by atoms with Crippen LogP contribution in [0.1, 0.15) is 18.1 Å². The number of anilines is 1.